The molecule has 2 unspecified atom stereocenters. The quantitative estimate of drug-likeness (QED) is 0.803. The highest BCUT2D eigenvalue weighted by atomic mass is 14.9. The topological polar surface area (TPSA) is 24.1 Å². The van der Waals surface area contributed by atoms with Gasteiger partial charge < -0.3 is 10.6 Å². The van der Waals surface area contributed by atoms with Gasteiger partial charge in [0.15, 0.2) is 0 Å². The summed E-state index contributed by atoms with van der Waals surface area (Å²) >= 11 is 0. The Kier molecular flexibility index (Phi) is 4.38. The first-order chi connectivity index (χ1) is 8.39. The van der Waals surface area contributed by atoms with Gasteiger partial charge >= 0.3 is 0 Å². The summed E-state index contributed by atoms with van der Waals surface area (Å²) in [6.45, 7) is 13.3. The fourth-order valence-electron chi connectivity index (χ4n) is 3.68. The molecule has 0 aromatic heterocycles. The lowest BCUT2D eigenvalue weighted by molar-refractivity contribution is 0.160. The van der Waals surface area contributed by atoms with Crippen molar-refractivity contribution in [2.75, 3.05) is 19.6 Å². The molecule has 2 atom stereocenters. The highest BCUT2D eigenvalue weighted by Gasteiger charge is 2.34. The van der Waals surface area contributed by atoms with E-state index in [1.807, 2.05) is 0 Å². The lowest BCUT2D eigenvalue weighted by atomic mass is 9.75. The fourth-order valence-corrected chi connectivity index (χ4v) is 3.68. The van der Waals surface area contributed by atoms with Crippen molar-refractivity contribution in [1.82, 2.24) is 10.6 Å². The van der Waals surface area contributed by atoms with E-state index in [1.165, 1.54) is 51.7 Å². The Morgan fingerprint density at radius 2 is 2.06 bits per heavy atom. The van der Waals surface area contributed by atoms with E-state index in [-0.39, 0.29) is 0 Å². The zero-order valence-electron chi connectivity index (χ0n) is 12.8. The summed E-state index contributed by atoms with van der Waals surface area (Å²) < 4.78 is 0. The van der Waals surface area contributed by atoms with Gasteiger partial charge in [-0.3, -0.25) is 0 Å². The number of nitrogens with one attached hydrogen (secondary N) is 2. The van der Waals surface area contributed by atoms with Gasteiger partial charge in [-0.05, 0) is 61.9 Å². The average molecular weight is 252 g/mol. The van der Waals surface area contributed by atoms with Crippen LogP contribution in [-0.4, -0.2) is 25.7 Å². The van der Waals surface area contributed by atoms with E-state index in [0.29, 0.717) is 10.8 Å². The average Bonchev–Trinajstić information content (AvgIpc) is 2.68. The van der Waals surface area contributed by atoms with Crippen LogP contribution in [0, 0.1) is 16.7 Å². The molecule has 0 radical (unpaired) electrons. The second-order valence-electron chi connectivity index (χ2n) is 8.02. The van der Waals surface area contributed by atoms with E-state index in [4.69, 9.17) is 0 Å². The van der Waals surface area contributed by atoms with Crippen LogP contribution in [0.5, 0.6) is 0 Å². The summed E-state index contributed by atoms with van der Waals surface area (Å²) in [5, 5.41) is 7.40. The normalized spacial score (nSPS) is 32.7. The van der Waals surface area contributed by atoms with E-state index in [0.717, 1.165) is 12.0 Å². The second kappa shape index (κ2) is 5.50. The van der Waals surface area contributed by atoms with Crippen LogP contribution in [0.25, 0.3) is 0 Å². The Morgan fingerprint density at radius 1 is 1.28 bits per heavy atom. The third-order valence-electron chi connectivity index (χ3n) is 5.22. The number of hydrogen-bond donors (Lipinski definition) is 2. The minimum Gasteiger partial charge on any atom is -0.316 e. The first-order valence-electron chi connectivity index (χ1n) is 7.83. The van der Waals surface area contributed by atoms with Crippen molar-refractivity contribution in [2.24, 2.45) is 16.7 Å². The van der Waals surface area contributed by atoms with E-state index >= 15 is 0 Å². The molecule has 0 bridgehead atoms. The summed E-state index contributed by atoms with van der Waals surface area (Å²) in [4.78, 5) is 0. The summed E-state index contributed by atoms with van der Waals surface area (Å²) in [7, 11) is 0. The standard InChI is InChI=1S/C16H32N2/c1-15(2)8-7-14(10-15)18-12-16(3,4)13-6-5-9-17-11-13/h13-14,17-18H,5-12H2,1-4H3. The zero-order valence-corrected chi connectivity index (χ0v) is 12.8. The van der Waals surface area contributed by atoms with E-state index < -0.39 is 0 Å². The molecule has 1 heterocycles. The zero-order chi connectivity index (χ0) is 13.2. The van der Waals surface area contributed by atoms with E-state index in [2.05, 4.69) is 38.3 Å². The maximum atomic E-state index is 3.85. The van der Waals surface area contributed by atoms with E-state index in [1.54, 1.807) is 0 Å². The lowest BCUT2D eigenvalue weighted by Crippen LogP contribution is -2.45. The largest absolute Gasteiger partial charge is 0.316 e. The van der Waals surface area contributed by atoms with Crippen molar-refractivity contribution in [3.8, 4) is 0 Å². The molecule has 2 N–H and O–H groups in total. The minimum absolute atomic E-state index is 0.431. The molecule has 2 heteroatoms. The van der Waals surface area contributed by atoms with Gasteiger partial charge in [-0.25, -0.2) is 0 Å². The Bertz CT molecular complexity index is 264. The summed E-state index contributed by atoms with van der Waals surface area (Å²) in [5.41, 5.74) is 0.994. The SMILES string of the molecule is CC1(C)CCC(NCC(C)(C)C2CCCNC2)C1. The van der Waals surface area contributed by atoms with Crippen LogP contribution >= 0.6 is 0 Å². The molecule has 106 valence electrons. The van der Waals surface area contributed by atoms with Crippen molar-refractivity contribution in [1.29, 1.82) is 0 Å². The molecule has 0 aromatic carbocycles. The molecule has 2 aliphatic rings. The molecule has 1 aliphatic carbocycles. The van der Waals surface area contributed by atoms with Crippen molar-refractivity contribution in [3.05, 3.63) is 0 Å². The molecule has 0 aromatic rings. The van der Waals surface area contributed by atoms with Crippen molar-refractivity contribution in [3.63, 3.8) is 0 Å². The maximum Gasteiger partial charge on any atom is 0.00725 e. The molecular formula is C16H32N2. The fraction of sp³-hybridized carbons (Fsp3) is 1.00. The van der Waals surface area contributed by atoms with Crippen LogP contribution in [0.1, 0.15) is 59.8 Å². The predicted octanol–water partition coefficient (Wildman–Crippen LogP) is 3.18. The maximum absolute atomic E-state index is 3.85. The van der Waals surface area contributed by atoms with Gasteiger partial charge in [0.1, 0.15) is 0 Å². The molecule has 1 saturated carbocycles. The summed E-state index contributed by atoms with van der Waals surface area (Å²) in [5.74, 6) is 0.841. The molecule has 2 rings (SSSR count). The van der Waals surface area contributed by atoms with Gasteiger partial charge in [-0.15, -0.1) is 0 Å². The van der Waals surface area contributed by atoms with Crippen molar-refractivity contribution in [2.45, 2.75) is 65.8 Å². The van der Waals surface area contributed by atoms with Gasteiger partial charge in [0.05, 0.1) is 0 Å². The Balaban J connectivity index is 1.78. The van der Waals surface area contributed by atoms with Crippen LogP contribution in [0.15, 0.2) is 0 Å². The van der Waals surface area contributed by atoms with Crippen LogP contribution in [0.4, 0.5) is 0 Å². The van der Waals surface area contributed by atoms with E-state index in [9.17, 15) is 0 Å². The van der Waals surface area contributed by atoms with Gasteiger partial charge in [0.2, 0.25) is 0 Å². The molecule has 2 fully saturated rings. The predicted molar refractivity (Wildman–Crippen MR) is 78.8 cm³/mol. The molecular weight excluding hydrogens is 220 g/mol. The summed E-state index contributed by atoms with van der Waals surface area (Å²) in [6, 6.07) is 0.760. The highest BCUT2D eigenvalue weighted by Crippen LogP contribution is 2.38. The molecule has 1 aliphatic heterocycles. The van der Waals surface area contributed by atoms with Gasteiger partial charge in [-0.2, -0.15) is 0 Å². The third kappa shape index (κ3) is 3.71. The number of hydrogen-bond acceptors (Lipinski definition) is 2. The molecule has 2 nitrogen and oxygen atoms in total. The monoisotopic (exact) mass is 252 g/mol. The molecule has 0 amide bonds. The molecule has 18 heavy (non-hydrogen) atoms. The summed E-state index contributed by atoms with van der Waals surface area (Å²) in [6.07, 6.45) is 6.86. The Morgan fingerprint density at radius 3 is 2.61 bits per heavy atom. The van der Waals surface area contributed by atoms with Crippen molar-refractivity contribution >= 4 is 0 Å². The molecule has 1 saturated heterocycles. The Hall–Kier alpha value is -0.0800. The van der Waals surface area contributed by atoms with Crippen LogP contribution < -0.4 is 10.6 Å². The number of piperidine rings is 1. The van der Waals surface area contributed by atoms with Crippen LogP contribution in [-0.2, 0) is 0 Å². The van der Waals surface area contributed by atoms with Crippen molar-refractivity contribution < 1.29 is 0 Å². The van der Waals surface area contributed by atoms with Crippen LogP contribution in [0.2, 0.25) is 0 Å². The number of rotatable bonds is 4. The highest BCUT2D eigenvalue weighted by molar-refractivity contribution is 4.90. The third-order valence-corrected chi connectivity index (χ3v) is 5.22. The van der Waals surface area contributed by atoms with Crippen LogP contribution in [0.3, 0.4) is 0 Å². The van der Waals surface area contributed by atoms with Gasteiger partial charge in [0, 0.05) is 12.6 Å². The minimum atomic E-state index is 0.431. The van der Waals surface area contributed by atoms with Gasteiger partial charge in [0.25, 0.3) is 0 Å². The molecule has 0 spiro atoms. The Labute approximate surface area is 113 Å². The second-order valence-corrected chi connectivity index (χ2v) is 8.02. The first kappa shape index (κ1) is 14.3. The lowest BCUT2D eigenvalue weighted by Gasteiger charge is -2.38. The first-order valence-corrected chi connectivity index (χ1v) is 7.83. The van der Waals surface area contributed by atoms with Gasteiger partial charge in [-0.1, -0.05) is 27.7 Å². The smallest absolute Gasteiger partial charge is 0.00725 e.